The molecule has 1 aromatic carbocycles. The van der Waals surface area contributed by atoms with E-state index in [1.165, 1.54) is 19.3 Å². The number of rotatable bonds is 6. The van der Waals surface area contributed by atoms with Gasteiger partial charge in [-0.3, -0.25) is 4.79 Å². The molecule has 4 nitrogen and oxygen atoms in total. The predicted molar refractivity (Wildman–Crippen MR) is 95.5 cm³/mol. The Morgan fingerprint density at radius 3 is 2.58 bits per heavy atom. The molecule has 1 heterocycles. The summed E-state index contributed by atoms with van der Waals surface area (Å²) < 4.78 is 5.87. The summed E-state index contributed by atoms with van der Waals surface area (Å²) in [5, 5.41) is 3.26. The van der Waals surface area contributed by atoms with Crippen LogP contribution in [0.4, 0.5) is 0 Å². The lowest BCUT2D eigenvalue weighted by molar-refractivity contribution is -0.125. The standard InChI is InChI=1S/C20H30N2O2/c21-15-20(11-5-2-6-12-20)14-18(23)22-19(17-10-7-13-24-17)16-8-3-1-4-9-16/h1,3-4,8-9,17,19H,2,5-7,10-15,21H2,(H,22,23). The maximum atomic E-state index is 12.8. The first-order chi connectivity index (χ1) is 11.7. The highest BCUT2D eigenvalue weighted by molar-refractivity contribution is 5.77. The molecule has 1 amide bonds. The fraction of sp³-hybridized carbons (Fsp3) is 0.650. The van der Waals surface area contributed by atoms with E-state index in [0.717, 1.165) is 37.9 Å². The number of nitrogens with two attached hydrogens (primary N) is 1. The largest absolute Gasteiger partial charge is 0.376 e. The van der Waals surface area contributed by atoms with Crippen molar-refractivity contribution in [1.82, 2.24) is 5.32 Å². The summed E-state index contributed by atoms with van der Waals surface area (Å²) >= 11 is 0. The number of ether oxygens (including phenoxy) is 1. The average molecular weight is 330 g/mol. The van der Waals surface area contributed by atoms with E-state index in [1.54, 1.807) is 0 Å². The van der Waals surface area contributed by atoms with Crippen molar-refractivity contribution in [2.24, 2.45) is 11.1 Å². The van der Waals surface area contributed by atoms with Crippen LogP contribution in [0, 0.1) is 5.41 Å². The molecule has 3 rings (SSSR count). The van der Waals surface area contributed by atoms with Crippen LogP contribution >= 0.6 is 0 Å². The van der Waals surface area contributed by atoms with Gasteiger partial charge in [-0.25, -0.2) is 0 Å². The molecule has 1 aliphatic heterocycles. The molecule has 2 unspecified atom stereocenters. The number of carbonyl (C=O) groups excluding carboxylic acids is 1. The normalized spacial score (nSPS) is 24.5. The molecule has 0 spiro atoms. The van der Waals surface area contributed by atoms with E-state index in [2.05, 4.69) is 17.4 Å². The molecule has 1 aliphatic carbocycles. The summed E-state index contributed by atoms with van der Waals surface area (Å²) in [7, 11) is 0. The molecule has 2 aliphatic rings. The van der Waals surface area contributed by atoms with Crippen LogP contribution in [-0.2, 0) is 9.53 Å². The highest BCUT2D eigenvalue weighted by atomic mass is 16.5. The monoisotopic (exact) mass is 330 g/mol. The summed E-state index contributed by atoms with van der Waals surface area (Å²) in [6, 6.07) is 10.1. The van der Waals surface area contributed by atoms with Crippen molar-refractivity contribution in [1.29, 1.82) is 0 Å². The topological polar surface area (TPSA) is 64.4 Å². The van der Waals surface area contributed by atoms with Gasteiger partial charge >= 0.3 is 0 Å². The molecule has 0 bridgehead atoms. The van der Waals surface area contributed by atoms with Gasteiger partial charge in [-0.1, -0.05) is 49.6 Å². The van der Waals surface area contributed by atoms with E-state index >= 15 is 0 Å². The van der Waals surface area contributed by atoms with E-state index < -0.39 is 0 Å². The summed E-state index contributed by atoms with van der Waals surface area (Å²) in [6.07, 6.45) is 8.50. The first-order valence-corrected chi connectivity index (χ1v) is 9.38. The van der Waals surface area contributed by atoms with Crippen molar-refractivity contribution in [2.45, 2.75) is 63.5 Å². The lowest BCUT2D eigenvalue weighted by atomic mass is 9.71. The van der Waals surface area contributed by atoms with Crippen LogP contribution in [0.2, 0.25) is 0 Å². The van der Waals surface area contributed by atoms with Crippen LogP contribution in [0.1, 0.15) is 63.0 Å². The van der Waals surface area contributed by atoms with Crippen LogP contribution in [0.25, 0.3) is 0 Å². The second kappa shape index (κ2) is 8.13. The molecule has 3 N–H and O–H groups in total. The molecule has 1 aromatic rings. The first-order valence-electron chi connectivity index (χ1n) is 9.38. The molecule has 2 fully saturated rings. The average Bonchev–Trinajstić information content (AvgIpc) is 3.15. The minimum atomic E-state index is -0.0559. The number of hydrogen-bond donors (Lipinski definition) is 2. The second-order valence-corrected chi connectivity index (χ2v) is 7.45. The van der Waals surface area contributed by atoms with E-state index in [0.29, 0.717) is 13.0 Å². The molecular weight excluding hydrogens is 300 g/mol. The van der Waals surface area contributed by atoms with Gasteiger partial charge in [0.15, 0.2) is 0 Å². The number of carbonyl (C=O) groups is 1. The maximum absolute atomic E-state index is 12.8. The zero-order valence-corrected chi connectivity index (χ0v) is 14.5. The zero-order valence-electron chi connectivity index (χ0n) is 14.5. The van der Waals surface area contributed by atoms with Crippen molar-refractivity contribution >= 4 is 5.91 Å². The zero-order chi connectivity index (χ0) is 16.8. The second-order valence-electron chi connectivity index (χ2n) is 7.45. The lowest BCUT2D eigenvalue weighted by Gasteiger charge is -2.36. The van der Waals surface area contributed by atoms with Crippen LogP contribution in [0.15, 0.2) is 30.3 Å². The minimum Gasteiger partial charge on any atom is -0.376 e. The molecular formula is C20H30N2O2. The Morgan fingerprint density at radius 1 is 1.21 bits per heavy atom. The molecule has 0 aromatic heterocycles. The molecule has 132 valence electrons. The van der Waals surface area contributed by atoms with E-state index in [1.807, 2.05) is 18.2 Å². The highest BCUT2D eigenvalue weighted by Gasteiger charge is 2.35. The molecule has 4 heteroatoms. The third-order valence-electron chi connectivity index (χ3n) is 5.69. The predicted octanol–water partition coefficient (Wildman–Crippen LogP) is 3.32. The quantitative estimate of drug-likeness (QED) is 0.841. The van der Waals surface area contributed by atoms with Crippen LogP contribution in [0.3, 0.4) is 0 Å². The summed E-state index contributed by atoms with van der Waals surface area (Å²) in [6.45, 7) is 1.40. The van der Waals surface area contributed by atoms with Crippen molar-refractivity contribution in [3.05, 3.63) is 35.9 Å². The highest BCUT2D eigenvalue weighted by Crippen LogP contribution is 2.38. The lowest BCUT2D eigenvalue weighted by Crippen LogP contribution is -2.42. The van der Waals surface area contributed by atoms with Crippen LogP contribution in [0.5, 0.6) is 0 Å². The molecule has 0 radical (unpaired) electrons. The van der Waals surface area contributed by atoms with Gasteiger partial charge in [0.25, 0.3) is 0 Å². The van der Waals surface area contributed by atoms with Crippen molar-refractivity contribution in [3.8, 4) is 0 Å². The van der Waals surface area contributed by atoms with Crippen LogP contribution in [-0.4, -0.2) is 25.2 Å². The summed E-state index contributed by atoms with van der Waals surface area (Å²) in [5.74, 6) is 0.117. The third-order valence-corrected chi connectivity index (χ3v) is 5.69. The smallest absolute Gasteiger partial charge is 0.221 e. The van der Waals surface area contributed by atoms with Gasteiger partial charge in [0.2, 0.25) is 5.91 Å². The van der Waals surface area contributed by atoms with Crippen molar-refractivity contribution in [3.63, 3.8) is 0 Å². The fourth-order valence-electron chi connectivity index (χ4n) is 4.24. The molecule has 24 heavy (non-hydrogen) atoms. The number of amides is 1. The van der Waals surface area contributed by atoms with Crippen molar-refractivity contribution in [2.75, 3.05) is 13.2 Å². The maximum Gasteiger partial charge on any atom is 0.221 e. The van der Waals surface area contributed by atoms with Crippen LogP contribution < -0.4 is 11.1 Å². The number of hydrogen-bond acceptors (Lipinski definition) is 3. The fourth-order valence-corrected chi connectivity index (χ4v) is 4.24. The third kappa shape index (κ3) is 4.17. The number of nitrogens with one attached hydrogen (secondary N) is 1. The van der Waals surface area contributed by atoms with Gasteiger partial charge in [0.05, 0.1) is 12.1 Å². The molecule has 1 saturated carbocycles. The Bertz CT molecular complexity index is 520. The SMILES string of the molecule is NCC1(CC(=O)NC(c2ccccc2)C2CCCO2)CCCCC1. The van der Waals surface area contributed by atoms with E-state index in [4.69, 9.17) is 10.5 Å². The minimum absolute atomic E-state index is 0.000103. The summed E-state index contributed by atoms with van der Waals surface area (Å²) in [4.78, 5) is 12.8. The van der Waals surface area contributed by atoms with Gasteiger partial charge in [0.1, 0.15) is 0 Å². The Hall–Kier alpha value is -1.39. The van der Waals surface area contributed by atoms with Gasteiger partial charge in [-0.15, -0.1) is 0 Å². The van der Waals surface area contributed by atoms with Gasteiger partial charge < -0.3 is 15.8 Å². The first kappa shape index (κ1) is 17.4. The summed E-state index contributed by atoms with van der Waals surface area (Å²) in [5.41, 5.74) is 7.17. The Morgan fingerprint density at radius 2 is 1.96 bits per heavy atom. The molecule has 1 saturated heterocycles. The van der Waals surface area contributed by atoms with Gasteiger partial charge in [-0.2, -0.15) is 0 Å². The van der Waals surface area contributed by atoms with E-state index in [-0.39, 0.29) is 23.5 Å². The van der Waals surface area contributed by atoms with Gasteiger partial charge in [0, 0.05) is 13.0 Å². The number of benzene rings is 1. The van der Waals surface area contributed by atoms with Gasteiger partial charge in [-0.05, 0) is 43.2 Å². The molecule has 2 atom stereocenters. The Kier molecular flexibility index (Phi) is 5.90. The Balaban J connectivity index is 1.68. The van der Waals surface area contributed by atoms with Crippen molar-refractivity contribution < 1.29 is 9.53 Å². The Labute approximate surface area is 145 Å². The van der Waals surface area contributed by atoms with E-state index in [9.17, 15) is 4.79 Å².